The van der Waals surface area contributed by atoms with Gasteiger partial charge in [-0.3, -0.25) is 0 Å². The highest BCUT2D eigenvalue weighted by Gasteiger charge is 2.32. The van der Waals surface area contributed by atoms with E-state index in [1.165, 1.54) is 180 Å². The average molecular weight is 1990 g/mol. The van der Waals surface area contributed by atoms with Crippen LogP contribution in [0.25, 0.3) is 0 Å². The van der Waals surface area contributed by atoms with Gasteiger partial charge in [0.1, 0.15) is 105 Å². The van der Waals surface area contributed by atoms with Crippen LogP contribution in [-0.4, -0.2) is 126 Å². The van der Waals surface area contributed by atoms with Crippen LogP contribution in [0.1, 0.15) is 352 Å². The van der Waals surface area contributed by atoms with Crippen LogP contribution < -0.4 is 75.8 Å². The Hall–Kier alpha value is -9.52. The summed E-state index contributed by atoms with van der Waals surface area (Å²) in [5.74, 6) is 18.8. The normalized spacial score (nSPS) is 17.1. The maximum Gasteiger partial charge on any atom is 0.123 e. The van der Waals surface area contributed by atoms with Crippen molar-refractivity contribution >= 4 is 0 Å². The molecule has 18 nitrogen and oxygen atoms in total. The molecular formula is C126H188O18. The molecule has 18 heteroatoms. The molecule has 0 bridgehead atoms. The number of aliphatic hydroxyl groups is 2. The van der Waals surface area contributed by atoms with E-state index in [0.29, 0.717) is 26.4 Å². The van der Waals surface area contributed by atoms with E-state index in [2.05, 4.69) is 69.2 Å². The number of ether oxygens (including phenoxy) is 16. The molecule has 8 aromatic rings. The zero-order chi connectivity index (χ0) is 102. The zero-order valence-electron chi connectivity index (χ0n) is 90.5. The second-order valence-corrected chi connectivity index (χ2v) is 41.2. The molecule has 8 saturated carbocycles. The Bertz CT molecular complexity index is 4530. The lowest BCUT2D eigenvalue weighted by Crippen LogP contribution is -2.37. The number of hydrogen-bond acceptors (Lipinski definition) is 18. The minimum absolute atomic E-state index is 0.258. The molecule has 0 aromatic heterocycles. The first-order chi connectivity index (χ1) is 70.5. The molecule has 0 aliphatic heterocycles. The average Bonchev–Trinajstić information content (AvgIpc) is 1.05. The summed E-state index contributed by atoms with van der Waals surface area (Å²) in [4.78, 5) is 0. The highest BCUT2D eigenvalue weighted by Crippen LogP contribution is 2.38. The molecule has 8 fully saturated rings. The first-order valence-electron chi connectivity index (χ1n) is 56.9. The van der Waals surface area contributed by atoms with Gasteiger partial charge in [-0.25, -0.2) is 0 Å². The lowest BCUT2D eigenvalue weighted by molar-refractivity contribution is -0.0339. The van der Waals surface area contributed by atoms with E-state index in [4.69, 9.17) is 75.8 Å². The maximum absolute atomic E-state index is 10.6. The van der Waals surface area contributed by atoms with E-state index >= 15 is 0 Å². The maximum atomic E-state index is 10.6. The first kappa shape index (κ1) is 118. The van der Waals surface area contributed by atoms with Crippen molar-refractivity contribution in [1.29, 1.82) is 0 Å². The minimum atomic E-state index is -0.656. The van der Waals surface area contributed by atoms with Gasteiger partial charge in [0.2, 0.25) is 0 Å². The van der Waals surface area contributed by atoms with Crippen LogP contribution in [-0.2, 0) is 0 Å². The van der Waals surface area contributed by atoms with Crippen LogP contribution in [0.2, 0.25) is 0 Å². The lowest BCUT2D eigenvalue weighted by Gasteiger charge is -2.31. The van der Waals surface area contributed by atoms with Crippen LogP contribution in [0.15, 0.2) is 194 Å². The standard InChI is InChI=1S/C17H26O3.2C17H26O2.C16H24O3.2C16H24O2.C14H20O2.C13H18O2/c1-2-12-19-15-8-7-9-16(13-15)20-14-17(18)10-5-3-4-6-11-17;1-3-14(2)19-17-11-7-10-16(12-17)18-13-15-8-5-4-6-9-15;1-2-12-18-16-10-7-11-17(13-16)19-14-15-8-5-3-4-6-9-15;1-2-11-18-14-7-6-8-15(12-14)19-13-16(17)9-4-3-5-10-16;1-3-13(2)18-16-10-6-9-15(11-16)17-12-14-7-4-5-8-14;1-2-11-17-15-9-6-10-16(12-15)18-13-14-7-4-3-5-8-14;1-2-9-15-13-7-4-8-14(10-13)16-11-12-5-3-6-12;1-2-8-14-12-4-3-5-13(9-12)15-10-11-6-7-11/h7-9,13,18H,2-6,10-12,14H2,1H3;7,10-12,14-15H,3-6,8-9,13H2,1-2H3;7,10-11,13,15H,2-6,8-9,12,14H2,1H3;6-8,12,17H,2-5,9-11,13H2,1H3;6,9-11,13-14H,3-5,7-8,12H2,1-2H3;6,9-10,12,14H,2-5,7-8,11,13H2,1H3;4,7-8,10,12H,2-3,5-6,9,11H2,1H3;3-5,9,11H,2,6-8,10H2,1H3/t;14-;;;13-;;;/m.1..1.../s1. The molecule has 0 amide bonds. The monoisotopic (exact) mass is 1990 g/mol. The predicted molar refractivity (Wildman–Crippen MR) is 588 cm³/mol. The van der Waals surface area contributed by atoms with Crippen LogP contribution in [0, 0.1) is 35.5 Å². The van der Waals surface area contributed by atoms with Gasteiger partial charge in [-0.2, -0.15) is 0 Å². The number of rotatable bonds is 48. The SMILES string of the molecule is CCCOc1cccc(OCC2(O)CCCCC2)c1.CCCOc1cccc(OCC2(O)CCCCCC2)c1.CCCOc1cccc(OCC2CC2)c1.CCCOc1cccc(OCC2CCC2)c1.CCCOc1cccc(OCC2CCCCC2)c1.CCCOc1cccc(OCC2CCCCCC2)c1.CC[C@@H](C)Oc1cccc(OCC2CCCC2)c1.CC[C@@H](C)Oc1cccc(OCC2CCCCC2)c1. The van der Waals surface area contributed by atoms with E-state index in [9.17, 15) is 10.2 Å². The van der Waals surface area contributed by atoms with Crippen molar-refractivity contribution in [2.45, 2.75) is 375 Å². The second kappa shape index (κ2) is 71.9. The molecule has 0 radical (unpaired) electrons. The molecule has 144 heavy (non-hydrogen) atoms. The highest BCUT2D eigenvalue weighted by atomic mass is 16.5. The molecule has 8 aliphatic carbocycles. The molecule has 16 rings (SSSR count). The van der Waals surface area contributed by atoms with E-state index in [1.54, 1.807) is 0 Å². The zero-order valence-corrected chi connectivity index (χ0v) is 90.5. The van der Waals surface area contributed by atoms with Gasteiger partial charge >= 0.3 is 0 Å². The van der Waals surface area contributed by atoms with E-state index in [1.807, 2.05) is 194 Å². The summed E-state index contributed by atoms with van der Waals surface area (Å²) in [6, 6.07) is 63.3. The van der Waals surface area contributed by atoms with Gasteiger partial charge in [-0.15, -0.1) is 0 Å². The van der Waals surface area contributed by atoms with E-state index in [-0.39, 0.29) is 12.2 Å². The summed E-state index contributed by atoms with van der Waals surface area (Å²) < 4.78 is 91.7. The molecule has 0 unspecified atom stereocenters. The van der Waals surface area contributed by atoms with E-state index < -0.39 is 11.2 Å². The van der Waals surface area contributed by atoms with Crippen molar-refractivity contribution < 1.29 is 86.0 Å². The molecule has 8 aromatic carbocycles. The second-order valence-electron chi connectivity index (χ2n) is 41.2. The Morgan fingerprint density at radius 3 is 0.576 bits per heavy atom. The first-order valence-corrected chi connectivity index (χ1v) is 56.9. The Balaban J connectivity index is 0.000000184. The predicted octanol–water partition coefficient (Wildman–Crippen LogP) is 32.9. The topological polar surface area (TPSA) is 188 Å². The lowest BCUT2D eigenvalue weighted by atomic mass is 9.85. The minimum Gasteiger partial charge on any atom is -0.493 e. The summed E-state index contributed by atoms with van der Waals surface area (Å²) >= 11 is 0. The Labute approximate surface area is 870 Å². The van der Waals surface area contributed by atoms with E-state index in [0.717, 1.165) is 296 Å². The Morgan fingerprint density at radius 1 is 0.208 bits per heavy atom. The van der Waals surface area contributed by atoms with Crippen LogP contribution >= 0.6 is 0 Å². The van der Waals surface area contributed by atoms with Gasteiger partial charge in [-0.1, -0.05) is 232 Å². The molecule has 2 atom stereocenters. The van der Waals surface area contributed by atoms with Gasteiger partial charge in [0, 0.05) is 48.5 Å². The molecule has 0 spiro atoms. The largest absolute Gasteiger partial charge is 0.493 e. The van der Waals surface area contributed by atoms with Crippen molar-refractivity contribution in [2.24, 2.45) is 35.5 Å². The number of benzene rings is 8. The fraction of sp³-hybridized carbons (Fsp3) is 0.619. The van der Waals surface area contributed by atoms with Crippen LogP contribution in [0.3, 0.4) is 0 Å². The van der Waals surface area contributed by atoms with Gasteiger partial charge in [-0.05, 0) is 301 Å². The molecule has 0 saturated heterocycles. The van der Waals surface area contributed by atoms with Gasteiger partial charge in [0.25, 0.3) is 0 Å². The van der Waals surface area contributed by atoms with Gasteiger partial charge < -0.3 is 86.0 Å². The van der Waals surface area contributed by atoms with Crippen molar-refractivity contribution in [3.63, 3.8) is 0 Å². The summed E-state index contributed by atoms with van der Waals surface area (Å²) in [5.41, 5.74) is -1.30. The molecule has 800 valence electrons. The summed E-state index contributed by atoms with van der Waals surface area (Å²) in [6.07, 6.45) is 53.9. The fourth-order valence-corrected chi connectivity index (χ4v) is 18.1. The third kappa shape index (κ3) is 51.7. The molecule has 8 aliphatic rings. The Morgan fingerprint density at radius 2 is 0.375 bits per heavy atom. The van der Waals surface area contributed by atoms with Crippen molar-refractivity contribution in [3.8, 4) is 92.0 Å². The van der Waals surface area contributed by atoms with Crippen LogP contribution in [0.4, 0.5) is 0 Å². The van der Waals surface area contributed by atoms with Crippen LogP contribution in [0.5, 0.6) is 92.0 Å². The smallest absolute Gasteiger partial charge is 0.123 e. The Kier molecular flexibility index (Phi) is 58.9. The molecule has 2 N–H and O–H groups in total. The third-order valence-electron chi connectivity index (χ3n) is 27.7. The quantitative estimate of drug-likeness (QED) is 0.0342. The molecule has 0 heterocycles. The molecular weight excluding hydrogens is 1800 g/mol. The summed E-state index contributed by atoms with van der Waals surface area (Å²) in [7, 11) is 0. The summed E-state index contributed by atoms with van der Waals surface area (Å²) in [5, 5.41) is 21.0. The van der Waals surface area contributed by atoms with Crippen molar-refractivity contribution in [1.82, 2.24) is 0 Å². The summed E-state index contributed by atoms with van der Waals surface area (Å²) in [6.45, 7) is 31.5. The highest BCUT2D eigenvalue weighted by molar-refractivity contribution is 5.39. The van der Waals surface area contributed by atoms with Crippen molar-refractivity contribution in [2.75, 3.05) is 92.5 Å². The third-order valence-corrected chi connectivity index (χ3v) is 27.7. The number of hydrogen-bond donors (Lipinski definition) is 2. The van der Waals surface area contributed by atoms with Crippen molar-refractivity contribution in [3.05, 3.63) is 194 Å². The van der Waals surface area contributed by atoms with Gasteiger partial charge in [0.05, 0.1) is 103 Å². The fourth-order valence-electron chi connectivity index (χ4n) is 18.1. The van der Waals surface area contributed by atoms with Gasteiger partial charge in [0.15, 0.2) is 0 Å².